The first kappa shape index (κ1) is 13.7. The van der Waals surface area contributed by atoms with Crippen molar-refractivity contribution in [3.05, 3.63) is 24.2 Å². The van der Waals surface area contributed by atoms with Gasteiger partial charge >= 0.3 is 5.97 Å². The third kappa shape index (κ3) is 5.01. The number of ether oxygens (including phenoxy) is 1. The summed E-state index contributed by atoms with van der Waals surface area (Å²) in [5.74, 6) is 0.417. The molecule has 5 nitrogen and oxygen atoms in total. The van der Waals surface area contributed by atoms with Crippen molar-refractivity contribution in [1.82, 2.24) is 5.32 Å². The first-order valence-corrected chi connectivity index (χ1v) is 5.74. The molecule has 0 radical (unpaired) electrons. The SMILES string of the molecule is CCOC(=O)CC(O)CN[C@@H](C)c1ccco1. The highest BCUT2D eigenvalue weighted by Gasteiger charge is 2.14. The van der Waals surface area contributed by atoms with Crippen LogP contribution in [0.5, 0.6) is 0 Å². The average Bonchev–Trinajstić information content (AvgIpc) is 2.79. The van der Waals surface area contributed by atoms with Gasteiger partial charge in [0, 0.05) is 6.54 Å². The van der Waals surface area contributed by atoms with Crippen molar-refractivity contribution in [2.24, 2.45) is 0 Å². The van der Waals surface area contributed by atoms with Gasteiger partial charge in [0.05, 0.1) is 31.4 Å². The number of aliphatic hydroxyl groups excluding tert-OH is 1. The Morgan fingerprint density at radius 2 is 2.41 bits per heavy atom. The Labute approximate surface area is 101 Å². The van der Waals surface area contributed by atoms with Crippen molar-refractivity contribution in [2.45, 2.75) is 32.4 Å². The molecule has 2 N–H and O–H groups in total. The van der Waals surface area contributed by atoms with Gasteiger partial charge in [-0.3, -0.25) is 4.79 Å². The Morgan fingerprint density at radius 3 is 3.00 bits per heavy atom. The molecule has 96 valence electrons. The van der Waals surface area contributed by atoms with E-state index in [0.29, 0.717) is 13.2 Å². The lowest BCUT2D eigenvalue weighted by Gasteiger charge is -2.15. The van der Waals surface area contributed by atoms with Crippen molar-refractivity contribution in [3.8, 4) is 0 Å². The summed E-state index contributed by atoms with van der Waals surface area (Å²) >= 11 is 0. The topological polar surface area (TPSA) is 71.7 Å². The fourth-order valence-corrected chi connectivity index (χ4v) is 1.44. The van der Waals surface area contributed by atoms with Crippen LogP contribution < -0.4 is 5.32 Å². The van der Waals surface area contributed by atoms with Gasteiger partial charge in [0.15, 0.2) is 0 Å². The number of hydrogen-bond acceptors (Lipinski definition) is 5. The van der Waals surface area contributed by atoms with Gasteiger partial charge in [-0.25, -0.2) is 0 Å². The largest absolute Gasteiger partial charge is 0.468 e. The molecule has 0 bridgehead atoms. The minimum absolute atomic E-state index is 0.00171. The molecule has 1 rings (SSSR count). The highest BCUT2D eigenvalue weighted by Crippen LogP contribution is 2.12. The number of furan rings is 1. The van der Waals surface area contributed by atoms with Crippen LogP contribution in [0.4, 0.5) is 0 Å². The van der Waals surface area contributed by atoms with Crippen LogP contribution in [0.15, 0.2) is 22.8 Å². The zero-order valence-electron chi connectivity index (χ0n) is 10.2. The molecule has 1 aromatic rings. The first-order chi connectivity index (χ1) is 8.13. The van der Waals surface area contributed by atoms with Crippen LogP contribution in [-0.2, 0) is 9.53 Å². The van der Waals surface area contributed by atoms with Crippen LogP contribution in [0.1, 0.15) is 32.1 Å². The van der Waals surface area contributed by atoms with Crippen LogP contribution in [0.3, 0.4) is 0 Å². The highest BCUT2D eigenvalue weighted by atomic mass is 16.5. The maximum Gasteiger partial charge on any atom is 0.308 e. The van der Waals surface area contributed by atoms with Crippen molar-refractivity contribution in [2.75, 3.05) is 13.2 Å². The predicted molar refractivity (Wildman–Crippen MR) is 62.4 cm³/mol. The molecule has 0 aromatic carbocycles. The second kappa shape index (κ2) is 7.09. The molecule has 0 aliphatic carbocycles. The summed E-state index contributed by atoms with van der Waals surface area (Å²) in [6.45, 7) is 4.32. The van der Waals surface area contributed by atoms with Gasteiger partial charge < -0.3 is 19.6 Å². The van der Waals surface area contributed by atoms with Crippen LogP contribution in [-0.4, -0.2) is 30.3 Å². The van der Waals surface area contributed by atoms with Gasteiger partial charge in [0.25, 0.3) is 0 Å². The molecule has 0 saturated carbocycles. The van der Waals surface area contributed by atoms with Crippen molar-refractivity contribution in [3.63, 3.8) is 0 Å². The van der Waals surface area contributed by atoms with Gasteiger partial charge in [-0.1, -0.05) is 0 Å². The highest BCUT2D eigenvalue weighted by molar-refractivity contribution is 5.69. The van der Waals surface area contributed by atoms with Crippen LogP contribution >= 0.6 is 0 Å². The number of rotatable bonds is 7. The van der Waals surface area contributed by atoms with E-state index in [2.05, 4.69) is 5.32 Å². The van der Waals surface area contributed by atoms with Crippen LogP contribution in [0.2, 0.25) is 0 Å². The predicted octanol–water partition coefficient (Wildman–Crippen LogP) is 1.24. The smallest absolute Gasteiger partial charge is 0.308 e. The van der Waals surface area contributed by atoms with E-state index >= 15 is 0 Å². The summed E-state index contributed by atoms with van der Waals surface area (Å²) < 4.78 is 9.96. The van der Waals surface area contributed by atoms with Gasteiger partial charge in [-0.05, 0) is 26.0 Å². The first-order valence-electron chi connectivity index (χ1n) is 5.74. The molecule has 0 saturated heterocycles. The molecular formula is C12H19NO4. The van der Waals surface area contributed by atoms with E-state index in [4.69, 9.17) is 9.15 Å². The lowest BCUT2D eigenvalue weighted by molar-refractivity contribution is -0.145. The van der Waals surface area contributed by atoms with Crippen LogP contribution in [0.25, 0.3) is 0 Å². The van der Waals surface area contributed by atoms with Crippen molar-refractivity contribution >= 4 is 5.97 Å². The van der Waals surface area contributed by atoms with E-state index in [1.165, 1.54) is 0 Å². The summed E-state index contributed by atoms with van der Waals surface area (Å²) in [6, 6.07) is 3.67. The monoisotopic (exact) mass is 241 g/mol. The summed E-state index contributed by atoms with van der Waals surface area (Å²) in [5, 5.41) is 12.7. The number of nitrogens with one attached hydrogen (secondary N) is 1. The Hall–Kier alpha value is -1.33. The number of esters is 1. The van der Waals surface area contributed by atoms with E-state index < -0.39 is 6.10 Å². The maximum absolute atomic E-state index is 11.1. The van der Waals surface area contributed by atoms with E-state index in [-0.39, 0.29) is 18.4 Å². The molecule has 5 heteroatoms. The fourth-order valence-electron chi connectivity index (χ4n) is 1.44. The van der Waals surface area contributed by atoms with Crippen LogP contribution in [0, 0.1) is 0 Å². The molecule has 0 spiro atoms. The van der Waals surface area contributed by atoms with Crippen molar-refractivity contribution in [1.29, 1.82) is 0 Å². The maximum atomic E-state index is 11.1. The molecule has 0 amide bonds. The Morgan fingerprint density at radius 1 is 1.65 bits per heavy atom. The third-order valence-electron chi connectivity index (χ3n) is 2.34. The summed E-state index contributed by atoms with van der Waals surface area (Å²) in [5.41, 5.74) is 0. The number of carbonyl (C=O) groups is 1. The molecular weight excluding hydrogens is 222 g/mol. The summed E-state index contributed by atoms with van der Waals surface area (Å²) in [4.78, 5) is 11.1. The molecule has 0 fully saturated rings. The minimum Gasteiger partial charge on any atom is -0.468 e. The Bertz CT molecular complexity index is 323. The van der Waals surface area contributed by atoms with E-state index in [1.54, 1.807) is 13.2 Å². The van der Waals surface area contributed by atoms with Gasteiger partial charge in [0.2, 0.25) is 0 Å². The normalized spacial score (nSPS) is 14.3. The lowest BCUT2D eigenvalue weighted by atomic mass is 10.2. The van der Waals surface area contributed by atoms with Gasteiger partial charge in [-0.2, -0.15) is 0 Å². The quantitative estimate of drug-likeness (QED) is 0.703. The molecule has 2 atom stereocenters. The van der Waals surface area contributed by atoms with Gasteiger partial charge in [0.1, 0.15) is 5.76 Å². The Kier molecular flexibility index (Phi) is 5.72. The zero-order valence-corrected chi connectivity index (χ0v) is 10.2. The average molecular weight is 241 g/mol. The van der Waals surface area contributed by atoms with E-state index in [1.807, 2.05) is 19.1 Å². The fraction of sp³-hybridized carbons (Fsp3) is 0.583. The summed E-state index contributed by atoms with van der Waals surface area (Å²) in [7, 11) is 0. The third-order valence-corrected chi connectivity index (χ3v) is 2.34. The second-order valence-electron chi connectivity index (χ2n) is 3.81. The second-order valence-corrected chi connectivity index (χ2v) is 3.81. The standard InChI is InChI=1S/C12H19NO4/c1-3-16-12(15)7-10(14)8-13-9(2)11-5-4-6-17-11/h4-6,9-10,13-14H,3,7-8H2,1-2H3/t9-,10?/m0/s1. The van der Waals surface area contributed by atoms with Crippen molar-refractivity contribution < 1.29 is 19.1 Å². The lowest BCUT2D eigenvalue weighted by Crippen LogP contribution is -2.31. The molecule has 1 aromatic heterocycles. The molecule has 0 aliphatic heterocycles. The van der Waals surface area contributed by atoms with Gasteiger partial charge in [-0.15, -0.1) is 0 Å². The minimum atomic E-state index is -0.744. The number of aliphatic hydroxyl groups is 1. The zero-order chi connectivity index (χ0) is 12.7. The number of carbonyl (C=O) groups excluding carboxylic acids is 1. The number of hydrogen-bond donors (Lipinski definition) is 2. The van der Waals surface area contributed by atoms with E-state index in [9.17, 15) is 9.90 Å². The molecule has 17 heavy (non-hydrogen) atoms. The molecule has 1 heterocycles. The summed E-state index contributed by atoms with van der Waals surface area (Å²) in [6.07, 6.45) is 0.861. The Balaban J connectivity index is 2.23. The molecule has 0 aliphatic rings. The van der Waals surface area contributed by atoms with E-state index in [0.717, 1.165) is 5.76 Å². The molecule has 1 unspecified atom stereocenters.